The van der Waals surface area contributed by atoms with Crippen LogP contribution in [0.3, 0.4) is 0 Å². The van der Waals surface area contributed by atoms with Gasteiger partial charge in [-0.15, -0.1) is 0 Å². The minimum atomic E-state index is -5.12. The smallest absolute Gasteiger partial charge is 0.790 e. The first kappa shape index (κ1) is 49.4. The van der Waals surface area contributed by atoms with Gasteiger partial charge in [0.1, 0.15) is 6.10 Å². The van der Waals surface area contributed by atoms with E-state index in [-0.39, 0.29) is 78.0 Å². The number of hydrogen-bond donors (Lipinski definition) is 1. The van der Waals surface area contributed by atoms with Crippen LogP contribution in [-0.4, -0.2) is 44.8 Å². The van der Waals surface area contributed by atoms with Gasteiger partial charge in [0.05, 0.1) is 21.0 Å². The number of ether oxygens (including phenoxy) is 2. The van der Waals surface area contributed by atoms with E-state index in [1.54, 1.807) is 0 Å². The van der Waals surface area contributed by atoms with Gasteiger partial charge in [0.15, 0.2) is 0 Å². The average molecular weight is 666 g/mol. The third-order valence-electron chi connectivity index (χ3n) is 7.51. The van der Waals surface area contributed by atoms with Crippen molar-refractivity contribution in [3.63, 3.8) is 0 Å². The van der Waals surface area contributed by atoms with Crippen LogP contribution >= 0.6 is 7.82 Å². The fourth-order valence-electron chi connectivity index (χ4n) is 5.00. The number of phosphoric ester groups is 1. The topological polar surface area (TPSA) is 137 Å². The van der Waals surface area contributed by atoms with Crippen LogP contribution in [0.15, 0.2) is 0 Å². The summed E-state index contributed by atoms with van der Waals surface area (Å²) in [5.74, 6) is -0.378. The molecule has 0 saturated heterocycles. The molecule has 0 aliphatic heterocycles. The largest absolute Gasteiger partial charge is 1.00 e. The molecule has 0 rings (SSSR count). The van der Waals surface area contributed by atoms with Crippen molar-refractivity contribution in [1.29, 1.82) is 0 Å². The molecule has 1 N–H and O–H groups in total. The van der Waals surface area contributed by atoms with Crippen LogP contribution in [0.25, 0.3) is 0 Å². The van der Waals surface area contributed by atoms with Crippen molar-refractivity contribution in [2.75, 3.05) is 26.3 Å². The molecular formula is C32H62NNa2O8P. The maximum Gasteiger partial charge on any atom is 1.00 e. The van der Waals surface area contributed by atoms with E-state index in [1.807, 2.05) is 0 Å². The van der Waals surface area contributed by atoms with Gasteiger partial charge >= 0.3 is 65.1 Å². The molecule has 0 heterocycles. The molecule has 0 aliphatic rings. The second-order valence-corrected chi connectivity index (χ2v) is 12.7. The molecule has 1 atom stereocenters. The second kappa shape index (κ2) is 38.5. The molecule has 0 bridgehead atoms. The number of esters is 1. The van der Waals surface area contributed by atoms with Crippen LogP contribution in [0.1, 0.15) is 161 Å². The summed E-state index contributed by atoms with van der Waals surface area (Å²) < 4.78 is 25.4. The van der Waals surface area contributed by atoms with Gasteiger partial charge < -0.3 is 33.7 Å². The Hall–Kier alpha value is 1.01. The molecule has 0 aliphatic carbocycles. The van der Waals surface area contributed by atoms with E-state index >= 15 is 0 Å². The fraction of sp³-hybridized carbons (Fsp3) is 0.938. The van der Waals surface area contributed by atoms with Crippen molar-refractivity contribution in [1.82, 2.24) is 5.32 Å². The molecule has 9 nitrogen and oxygen atoms in total. The average Bonchev–Trinajstić information content (AvgIpc) is 2.95. The summed E-state index contributed by atoms with van der Waals surface area (Å²) in [5.41, 5.74) is 0. The van der Waals surface area contributed by atoms with Gasteiger partial charge in [0.25, 0.3) is 6.47 Å². The van der Waals surface area contributed by atoms with Crippen molar-refractivity contribution in [3.8, 4) is 0 Å². The van der Waals surface area contributed by atoms with Gasteiger partial charge in [-0.1, -0.05) is 135 Å². The van der Waals surface area contributed by atoms with E-state index in [2.05, 4.69) is 21.5 Å². The first-order valence-electron chi connectivity index (χ1n) is 17.0. The molecule has 12 heteroatoms. The van der Waals surface area contributed by atoms with E-state index in [1.165, 1.54) is 103 Å². The summed E-state index contributed by atoms with van der Waals surface area (Å²) >= 11 is 0. The Morgan fingerprint density at radius 1 is 0.705 bits per heavy atom. The summed E-state index contributed by atoms with van der Waals surface area (Å²) in [6, 6.07) is 0. The number of carbonyl (C=O) groups is 2. The fourth-order valence-corrected chi connectivity index (χ4v) is 5.35. The van der Waals surface area contributed by atoms with Crippen LogP contribution in [0.5, 0.6) is 0 Å². The zero-order valence-electron chi connectivity index (χ0n) is 28.7. The minimum absolute atomic E-state index is 0. The summed E-state index contributed by atoms with van der Waals surface area (Å²) in [7, 11) is -5.12. The Bertz CT molecular complexity index is 658. The summed E-state index contributed by atoms with van der Waals surface area (Å²) in [5, 5.41) is 3.21. The SMILES string of the molecule is CCCCCCCCCCCCCC(=O)O[C@@H](CNCCCCCCCCCCCCCCOC=O)COP(=O)([O-])[O-].[Na+].[Na+]. The number of carbonyl (C=O) groups excluding carboxylic acids is 2. The van der Waals surface area contributed by atoms with Crippen molar-refractivity contribution in [2.45, 2.75) is 167 Å². The van der Waals surface area contributed by atoms with Gasteiger partial charge in [-0.3, -0.25) is 9.59 Å². The monoisotopic (exact) mass is 665 g/mol. The van der Waals surface area contributed by atoms with Gasteiger partial charge in [0, 0.05) is 13.0 Å². The van der Waals surface area contributed by atoms with E-state index in [9.17, 15) is 23.9 Å². The summed E-state index contributed by atoms with van der Waals surface area (Å²) in [6.07, 6.45) is 26.7. The van der Waals surface area contributed by atoms with Crippen LogP contribution < -0.4 is 74.2 Å². The quantitative estimate of drug-likeness (QED) is 0.0350. The third kappa shape index (κ3) is 41.0. The molecule has 0 aromatic rings. The number of rotatable bonds is 34. The molecular weight excluding hydrogens is 603 g/mol. The Labute approximate surface area is 313 Å². The number of phosphoric acid groups is 1. The maximum atomic E-state index is 12.3. The normalized spacial score (nSPS) is 11.8. The molecule has 0 unspecified atom stereocenters. The number of hydrogen-bond acceptors (Lipinski definition) is 9. The van der Waals surface area contributed by atoms with E-state index in [0.29, 0.717) is 13.1 Å². The van der Waals surface area contributed by atoms with E-state index in [0.717, 1.165) is 51.5 Å². The predicted molar refractivity (Wildman–Crippen MR) is 165 cm³/mol. The Morgan fingerprint density at radius 3 is 1.59 bits per heavy atom. The minimum Gasteiger partial charge on any atom is -0.790 e. The van der Waals surface area contributed by atoms with Crippen molar-refractivity contribution in [3.05, 3.63) is 0 Å². The predicted octanol–water partition coefficient (Wildman–Crippen LogP) is 0.896. The van der Waals surface area contributed by atoms with Crippen molar-refractivity contribution in [2.24, 2.45) is 0 Å². The zero-order valence-corrected chi connectivity index (χ0v) is 33.6. The molecule has 0 amide bonds. The number of nitrogens with one attached hydrogen (secondary N) is 1. The zero-order chi connectivity index (χ0) is 31.0. The maximum absolute atomic E-state index is 12.3. The van der Waals surface area contributed by atoms with Crippen LogP contribution in [0.2, 0.25) is 0 Å². The van der Waals surface area contributed by atoms with Gasteiger partial charge in [-0.25, -0.2) is 0 Å². The third-order valence-corrected chi connectivity index (χ3v) is 7.97. The van der Waals surface area contributed by atoms with Gasteiger partial charge in [0.2, 0.25) is 0 Å². The van der Waals surface area contributed by atoms with E-state index in [4.69, 9.17) is 4.74 Å². The molecule has 44 heavy (non-hydrogen) atoms. The van der Waals surface area contributed by atoms with Crippen molar-refractivity contribution >= 4 is 20.3 Å². The van der Waals surface area contributed by atoms with Crippen molar-refractivity contribution < 1.29 is 97.1 Å². The van der Waals surface area contributed by atoms with Crippen LogP contribution in [-0.2, 0) is 28.2 Å². The van der Waals surface area contributed by atoms with E-state index < -0.39 is 20.5 Å². The van der Waals surface area contributed by atoms with Gasteiger partial charge in [-0.05, 0) is 25.8 Å². The molecule has 0 aromatic heterocycles. The second-order valence-electron chi connectivity index (χ2n) is 11.6. The molecule has 0 aromatic carbocycles. The summed E-state index contributed by atoms with van der Waals surface area (Å²) in [4.78, 5) is 44.2. The number of unbranched alkanes of at least 4 members (excludes halogenated alkanes) is 21. The molecule has 0 radical (unpaired) electrons. The Kier molecular flexibility index (Phi) is 43.2. The molecule has 0 saturated carbocycles. The Balaban J connectivity index is -0.00000840. The first-order chi connectivity index (χ1) is 20.4. The molecule has 0 fully saturated rings. The standard InChI is InChI=1S/C32H64NO8P.2Na/c1-2-3-4-5-6-7-10-13-16-19-22-25-32(35)41-31(29-40-42(36,37)38)28-33-26-23-20-17-14-11-8-9-12-15-18-21-24-27-39-30-34;;/h30-31,33H,2-29H2,1H3,(H2,36,37,38);;/q;2*+1/p-2/t31-;;/m0../s1. The molecule has 0 spiro atoms. The Morgan fingerprint density at radius 2 is 1.14 bits per heavy atom. The van der Waals surface area contributed by atoms with Gasteiger partial charge in [-0.2, -0.15) is 0 Å². The first-order valence-corrected chi connectivity index (χ1v) is 18.5. The van der Waals surface area contributed by atoms with Crippen LogP contribution in [0, 0.1) is 0 Å². The summed E-state index contributed by atoms with van der Waals surface area (Å²) in [6.45, 7) is 3.82. The molecule has 250 valence electrons. The van der Waals surface area contributed by atoms with Crippen LogP contribution in [0.4, 0.5) is 0 Å².